The highest BCUT2D eigenvalue weighted by Crippen LogP contribution is 2.22. The quantitative estimate of drug-likeness (QED) is 0.488. The molecular formula is C18H12BrN3O2S. The summed E-state index contributed by atoms with van der Waals surface area (Å²) >= 11 is 4.79. The number of carbonyl (C=O) groups is 1. The summed E-state index contributed by atoms with van der Waals surface area (Å²) in [6, 6.07) is 13.3. The Morgan fingerprint density at radius 3 is 2.84 bits per heavy atom. The summed E-state index contributed by atoms with van der Waals surface area (Å²) in [4.78, 5) is 17.4. The van der Waals surface area contributed by atoms with E-state index in [1.54, 1.807) is 18.3 Å². The van der Waals surface area contributed by atoms with Gasteiger partial charge in [0.25, 0.3) is 5.91 Å². The lowest BCUT2D eigenvalue weighted by Gasteiger charge is -2.00. The first-order chi connectivity index (χ1) is 12.1. The maximum Gasteiger partial charge on any atom is 0.268 e. The Morgan fingerprint density at radius 1 is 1.36 bits per heavy atom. The highest BCUT2D eigenvalue weighted by molar-refractivity contribution is 9.10. The fraction of sp³-hybridized carbons (Fsp3) is 0.0556. The number of nitrogens with one attached hydrogen (secondary N) is 1. The zero-order valence-electron chi connectivity index (χ0n) is 12.9. The largest absolute Gasteiger partial charge is 0.465 e. The SMILES string of the molecule is N#CC(=Cc1ccco1)C(=O)Nc1ncc(Cc2ccc(Br)cc2)s1. The van der Waals surface area contributed by atoms with Crippen molar-refractivity contribution in [3.05, 3.63) is 75.1 Å². The number of carbonyl (C=O) groups excluding carboxylic acids is 1. The molecule has 1 aromatic carbocycles. The Morgan fingerprint density at radius 2 is 2.16 bits per heavy atom. The number of aromatic nitrogens is 1. The van der Waals surface area contributed by atoms with Crippen LogP contribution in [0.1, 0.15) is 16.2 Å². The van der Waals surface area contributed by atoms with E-state index < -0.39 is 5.91 Å². The zero-order chi connectivity index (χ0) is 17.6. The van der Waals surface area contributed by atoms with Gasteiger partial charge in [-0.1, -0.05) is 28.1 Å². The minimum absolute atomic E-state index is 0.0420. The number of nitriles is 1. The molecule has 25 heavy (non-hydrogen) atoms. The van der Waals surface area contributed by atoms with Crippen molar-refractivity contribution >= 4 is 44.4 Å². The van der Waals surface area contributed by atoms with Crippen molar-refractivity contribution in [2.45, 2.75) is 6.42 Å². The number of benzene rings is 1. The smallest absolute Gasteiger partial charge is 0.268 e. The molecule has 2 heterocycles. The molecule has 0 aliphatic heterocycles. The van der Waals surface area contributed by atoms with Crippen molar-refractivity contribution in [1.82, 2.24) is 4.98 Å². The van der Waals surface area contributed by atoms with Gasteiger partial charge in [-0.15, -0.1) is 11.3 Å². The number of hydrogen-bond donors (Lipinski definition) is 1. The van der Waals surface area contributed by atoms with Gasteiger partial charge in [0.15, 0.2) is 5.13 Å². The molecule has 3 rings (SSSR count). The van der Waals surface area contributed by atoms with Crippen molar-refractivity contribution in [1.29, 1.82) is 5.26 Å². The maximum atomic E-state index is 12.2. The highest BCUT2D eigenvalue weighted by atomic mass is 79.9. The average Bonchev–Trinajstić information content (AvgIpc) is 3.26. The van der Waals surface area contributed by atoms with Crippen LogP contribution in [0.4, 0.5) is 5.13 Å². The van der Waals surface area contributed by atoms with Gasteiger partial charge in [-0.25, -0.2) is 4.98 Å². The minimum atomic E-state index is -0.511. The van der Waals surface area contributed by atoms with Crippen LogP contribution in [0, 0.1) is 11.3 Å². The third-order valence-corrected chi connectivity index (χ3v) is 4.70. The van der Waals surface area contributed by atoms with Crippen molar-refractivity contribution in [3.63, 3.8) is 0 Å². The molecule has 0 bridgehead atoms. The number of nitrogens with zero attached hydrogens (tertiary/aromatic N) is 2. The van der Waals surface area contributed by atoms with Gasteiger partial charge in [0, 0.05) is 28.0 Å². The van der Waals surface area contributed by atoms with Crippen LogP contribution < -0.4 is 5.32 Å². The van der Waals surface area contributed by atoms with E-state index in [1.807, 2.05) is 30.3 Å². The van der Waals surface area contributed by atoms with Crippen LogP contribution in [-0.2, 0) is 11.2 Å². The molecule has 124 valence electrons. The number of anilines is 1. The van der Waals surface area contributed by atoms with Crippen molar-refractivity contribution < 1.29 is 9.21 Å². The summed E-state index contributed by atoms with van der Waals surface area (Å²) in [6.45, 7) is 0. The lowest BCUT2D eigenvalue weighted by atomic mass is 10.1. The fourth-order valence-electron chi connectivity index (χ4n) is 2.08. The van der Waals surface area contributed by atoms with E-state index in [0.29, 0.717) is 10.9 Å². The predicted octanol–water partition coefficient (Wildman–Crippen LogP) is 4.64. The van der Waals surface area contributed by atoms with E-state index in [-0.39, 0.29) is 5.57 Å². The molecule has 3 aromatic rings. The molecule has 0 aliphatic rings. The van der Waals surface area contributed by atoms with Gasteiger partial charge in [0.2, 0.25) is 0 Å². The molecule has 0 aliphatic carbocycles. The molecular weight excluding hydrogens is 402 g/mol. The molecule has 0 saturated carbocycles. The van der Waals surface area contributed by atoms with Crippen molar-refractivity contribution in [2.75, 3.05) is 5.32 Å². The van der Waals surface area contributed by atoms with E-state index >= 15 is 0 Å². The van der Waals surface area contributed by atoms with E-state index in [0.717, 1.165) is 21.3 Å². The first-order valence-electron chi connectivity index (χ1n) is 7.30. The fourth-order valence-corrected chi connectivity index (χ4v) is 3.19. The van der Waals surface area contributed by atoms with Crippen LogP contribution >= 0.6 is 27.3 Å². The van der Waals surface area contributed by atoms with Crippen LogP contribution in [0.5, 0.6) is 0 Å². The number of halogens is 1. The molecule has 1 amide bonds. The number of amides is 1. The van der Waals surface area contributed by atoms with Gasteiger partial charge in [-0.2, -0.15) is 5.26 Å². The predicted molar refractivity (Wildman–Crippen MR) is 100.0 cm³/mol. The standard InChI is InChI=1S/C18H12BrN3O2S/c19-14-5-3-12(4-6-14)8-16-11-21-18(25-16)22-17(23)13(10-20)9-15-2-1-7-24-15/h1-7,9,11H,8H2,(H,21,22,23). The van der Waals surface area contributed by atoms with Crippen LogP contribution in [0.15, 0.2) is 63.3 Å². The molecule has 0 fully saturated rings. The molecule has 0 saturated heterocycles. The van der Waals surface area contributed by atoms with Crippen molar-refractivity contribution in [2.24, 2.45) is 0 Å². The van der Waals surface area contributed by atoms with E-state index in [2.05, 4.69) is 26.2 Å². The van der Waals surface area contributed by atoms with Crippen LogP contribution in [0.3, 0.4) is 0 Å². The maximum absolute atomic E-state index is 12.2. The Hall–Kier alpha value is -2.69. The summed E-state index contributed by atoms with van der Waals surface area (Å²) in [6.07, 6.45) is 5.33. The monoisotopic (exact) mass is 413 g/mol. The molecule has 5 nitrogen and oxygen atoms in total. The molecule has 0 spiro atoms. The summed E-state index contributed by atoms with van der Waals surface area (Å²) in [5.74, 6) is -0.0646. The lowest BCUT2D eigenvalue weighted by Crippen LogP contribution is -2.13. The Bertz CT molecular complexity index is 938. The molecule has 0 radical (unpaired) electrons. The molecule has 1 N–H and O–H groups in total. The zero-order valence-corrected chi connectivity index (χ0v) is 15.3. The second kappa shape index (κ2) is 7.92. The Labute approximate surface area is 156 Å². The normalized spacial score (nSPS) is 11.1. The van der Waals surface area contributed by atoms with E-state index in [4.69, 9.17) is 9.68 Å². The van der Waals surface area contributed by atoms with Gasteiger partial charge >= 0.3 is 0 Å². The topological polar surface area (TPSA) is 78.9 Å². The number of rotatable bonds is 5. The summed E-state index contributed by atoms with van der Waals surface area (Å²) < 4.78 is 6.15. The number of thiazole rings is 1. The third-order valence-electron chi connectivity index (χ3n) is 3.26. The summed E-state index contributed by atoms with van der Waals surface area (Å²) in [7, 11) is 0. The molecule has 0 unspecified atom stereocenters. The van der Waals surface area contributed by atoms with Gasteiger partial charge in [-0.05, 0) is 29.8 Å². The summed E-state index contributed by atoms with van der Waals surface area (Å²) in [5.41, 5.74) is 1.11. The first kappa shape index (κ1) is 17.1. The van der Waals surface area contributed by atoms with Crippen LogP contribution in [0.2, 0.25) is 0 Å². The Balaban J connectivity index is 1.67. The van der Waals surface area contributed by atoms with Crippen LogP contribution in [0.25, 0.3) is 6.08 Å². The Kier molecular flexibility index (Phi) is 5.43. The first-order valence-corrected chi connectivity index (χ1v) is 8.91. The van der Waals surface area contributed by atoms with Gasteiger partial charge in [0.05, 0.1) is 6.26 Å². The second-order valence-corrected chi connectivity index (χ2v) is 7.11. The summed E-state index contributed by atoms with van der Waals surface area (Å²) in [5, 5.41) is 12.3. The van der Waals surface area contributed by atoms with Gasteiger partial charge in [-0.3, -0.25) is 10.1 Å². The van der Waals surface area contributed by atoms with Gasteiger partial charge < -0.3 is 4.42 Å². The minimum Gasteiger partial charge on any atom is -0.465 e. The van der Waals surface area contributed by atoms with Crippen molar-refractivity contribution in [3.8, 4) is 6.07 Å². The van der Waals surface area contributed by atoms with Crippen LogP contribution in [-0.4, -0.2) is 10.9 Å². The second-order valence-electron chi connectivity index (χ2n) is 5.07. The molecule has 0 atom stereocenters. The lowest BCUT2D eigenvalue weighted by molar-refractivity contribution is -0.112. The number of furan rings is 1. The number of hydrogen-bond acceptors (Lipinski definition) is 5. The molecule has 7 heteroatoms. The van der Waals surface area contributed by atoms with E-state index in [9.17, 15) is 4.79 Å². The van der Waals surface area contributed by atoms with E-state index in [1.165, 1.54) is 23.7 Å². The molecule has 2 aromatic heterocycles. The highest BCUT2D eigenvalue weighted by Gasteiger charge is 2.12. The average molecular weight is 414 g/mol. The van der Waals surface area contributed by atoms with Gasteiger partial charge in [0.1, 0.15) is 17.4 Å². The third kappa shape index (κ3) is 4.66.